The quantitative estimate of drug-likeness (QED) is 0.816. The van der Waals surface area contributed by atoms with E-state index >= 15 is 0 Å². The van der Waals surface area contributed by atoms with Crippen molar-refractivity contribution in [2.75, 3.05) is 0 Å². The van der Waals surface area contributed by atoms with Gasteiger partial charge in [0.25, 0.3) is 0 Å². The standard InChI is InChI=1S/C13H9BrCl2FN/c14-7-1-4-12(17)10(5-7)13(18)9-6-8(15)2-3-11(9)16/h1-6,13H,18H2. The average Bonchev–Trinajstić information content (AvgIpc) is 2.34. The normalized spacial score (nSPS) is 12.5. The summed E-state index contributed by atoms with van der Waals surface area (Å²) in [5.74, 6) is -0.373. The summed E-state index contributed by atoms with van der Waals surface area (Å²) >= 11 is 15.3. The monoisotopic (exact) mass is 347 g/mol. The molecule has 2 aromatic carbocycles. The molecular formula is C13H9BrCl2FN. The van der Waals surface area contributed by atoms with Crippen LogP contribution in [0.15, 0.2) is 40.9 Å². The molecule has 0 aromatic heterocycles. The van der Waals surface area contributed by atoms with Gasteiger partial charge in [-0.25, -0.2) is 4.39 Å². The maximum atomic E-state index is 13.8. The zero-order valence-corrected chi connectivity index (χ0v) is 12.2. The van der Waals surface area contributed by atoms with Gasteiger partial charge in [-0.1, -0.05) is 39.1 Å². The van der Waals surface area contributed by atoms with Crippen molar-refractivity contribution in [3.63, 3.8) is 0 Å². The molecule has 0 fully saturated rings. The van der Waals surface area contributed by atoms with Gasteiger partial charge in [0.1, 0.15) is 5.82 Å². The van der Waals surface area contributed by atoms with Crippen molar-refractivity contribution in [2.45, 2.75) is 6.04 Å². The lowest BCUT2D eigenvalue weighted by Gasteiger charge is -2.15. The van der Waals surface area contributed by atoms with Gasteiger partial charge in [-0.15, -0.1) is 0 Å². The number of hydrogen-bond donors (Lipinski definition) is 1. The van der Waals surface area contributed by atoms with E-state index in [0.717, 1.165) is 4.47 Å². The number of hydrogen-bond acceptors (Lipinski definition) is 1. The molecule has 2 N–H and O–H groups in total. The van der Waals surface area contributed by atoms with E-state index in [2.05, 4.69) is 15.9 Å². The maximum absolute atomic E-state index is 13.8. The first-order valence-electron chi connectivity index (χ1n) is 5.14. The fourth-order valence-electron chi connectivity index (χ4n) is 1.67. The highest BCUT2D eigenvalue weighted by Gasteiger charge is 2.17. The molecule has 0 saturated carbocycles. The highest BCUT2D eigenvalue weighted by atomic mass is 79.9. The number of halogens is 4. The summed E-state index contributed by atoms with van der Waals surface area (Å²) in [5.41, 5.74) is 7.02. The molecule has 0 saturated heterocycles. The number of nitrogens with two attached hydrogens (primary N) is 1. The molecule has 5 heteroatoms. The number of rotatable bonds is 2. The molecule has 2 aromatic rings. The van der Waals surface area contributed by atoms with Gasteiger partial charge >= 0.3 is 0 Å². The minimum atomic E-state index is -0.659. The van der Waals surface area contributed by atoms with Crippen LogP contribution in [0.2, 0.25) is 10.0 Å². The van der Waals surface area contributed by atoms with Gasteiger partial charge in [-0.3, -0.25) is 0 Å². The average molecular weight is 349 g/mol. The molecule has 1 atom stereocenters. The third-order valence-corrected chi connectivity index (χ3v) is 3.66. The highest BCUT2D eigenvalue weighted by molar-refractivity contribution is 9.10. The van der Waals surface area contributed by atoms with E-state index < -0.39 is 6.04 Å². The van der Waals surface area contributed by atoms with Crippen molar-refractivity contribution in [3.8, 4) is 0 Å². The Hall–Kier alpha value is -0.610. The van der Waals surface area contributed by atoms with Crippen LogP contribution >= 0.6 is 39.1 Å². The lowest BCUT2D eigenvalue weighted by atomic mass is 9.99. The van der Waals surface area contributed by atoms with Crippen LogP contribution in [0, 0.1) is 5.82 Å². The molecule has 0 aliphatic rings. The molecule has 1 unspecified atom stereocenters. The molecule has 1 nitrogen and oxygen atoms in total. The number of benzene rings is 2. The molecule has 0 bridgehead atoms. The summed E-state index contributed by atoms with van der Waals surface area (Å²) in [7, 11) is 0. The van der Waals surface area contributed by atoms with Crippen LogP contribution in [0.4, 0.5) is 4.39 Å². The predicted octanol–water partition coefficient (Wildman–Crippen LogP) is 4.94. The van der Waals surface area contributed by atoms with Crippen LogP contribution in [0.3, 0.4) is 0 Å². The molecule has 2 rings (SSSR count). The Morgan fingerprint density at radius 3 is 2.50 bits per heavy atom. The first-order valence-corrected chi connectivity index (χ1v) is 6.69. The smallest absolute Gasteiger partial charge is 0.128 e. The minimum Gasteiger partial charge on any atom is -0.320 e. The largest absolute Gasteiger partial charge is 0.320 e. The van der Waals surface area contributed by atoms with Crippen molar-refractivity contribution in [1.82, 2.24) is 0 Å². The molecule has 0 aliphatic carbocycles. The second-order valence-corrected chi connectivity index (χ2v) is 5.57. The van der Waals surface area contributed by atoms with Crippen LogP contribution in [-0.4, -0.2) is 0 Å². The highest BCUT2D eigenvalue weighted by Crippen LogP contribution is 2.31. The SMILES string of the molecule is NC(c1cc(Br)ccc1F)c1cc(Cl)ccc1Cl. The van der Waals surface area contributed by atoms with Gasteiger partial charge in [-0.05, 0) is 42.0 Å². The second kappa shape index (κ2) is 5.57. The van der Waals surface area contributed by atoms with Crippen molar-refractivity contribution in [1.29, 1.82) is 0 Å². The summed E-state index contributed by atoms with van der Waals surface area (Å²) in [5, 5.41) is 0.978. The molecule has 94 valence electrons. The lowest BCUT2D eigenvalue weighted by molar-refractivity contribution is 0.599. The van der Waals surface area contributed by atoms with Crippen LogP contribution in [-0.2, 0) is 0 Å². The van der Waals surface area contributed by atoms with Crippen molar-refractivity contribution in [2.24, 2.45) is 5.73 Å². The van der Waals surface area contributed by atoms with E-state index in [9.17, 15) is 4.39 Å². The van der Waals surface area contributed by atoms with Crippen molar-refractivity contribution < 1.29 is 4.39 Å². The molecule has 0 heterocycles. The molecule has 0 amide bonds. The van der Waals surface area contributed by atoms with Crippen LogP contribution in [0.25, 0.3) is 0 Å². The minimum absolute atomic E-state index is 0.369. The Balaban J connectivity index is 2.50. The van der Waals surface area contributed by atoms with E-state index in [4.69, 9.17) is 28.9 Å². The molecule has 0 aliphatic heterocycles. The molecule has 0 spiro atoms. The first-order chi connectivity index (χ1) is 8.49. The summed E-state index contributed by atoms with van der Waals surface area (Å²) in [6.07, 6.45) is 0. The van der Waals surface area contributed by atoms with Crippen LogP contribution in [0.1, 0.15) is 17.2 Å². The zero-order valence-electron chi connectivity index (χ0n) is 9.13. The van der Waals surface area contributed by atoms with Gasteiger partial charge in [0.05, 0.1) is 6.04 Å². The first kappa shape index (κ1) is 13.8. The second-order valence-electron chi connectivity index (χ2n) is 3.81. The van der Waals surface area contributed by atoms with E-state index in [1.807, 2.05) is 0 Å². The Bertz CT molecular complexity index is 538. The third kappa shape index (κ3) is 2.86. The Morgan fingerprint density at radius 1 is 1.06 bits per heavy atom. The Kier molecular flexibility index (Phi) is 4.28. The van der Waals surface area contributed by atoms with Gasteiger partial charge in [0.15, 0.2) is 0 Å². The van der Waals surface area contributed by atoms with Crippen LogP contribution < -0.4 is 5.73 Å². The van der Waals surface area contributed by atoms with Gasteiger partial charge in [-0.2, -0.15) is 0 Å². The summed E-state index contributed by atoms with van der Waals surface area (Å²) in [4.78, 5) is 0. The van der Waals surface area contributed by atoms with Crippen LogP contribution in [0.5, 0.6) is 0 Å². The van der Waals surface area contributed by atoms with Gasteiger partial charge in [0.2, 0.25) is 0 Å². The van der Waals surface area contributed by atoms with Gasteiger partial charge < -0.3 is 5.73 Å². The molecule has 18 heavy (non-hydrogen) atoms. The molecular weight excluding hydrogens is 340 g/mol. The zero-order chi connectivity index (χ0) is 13.3. The van der Waals surface area contributed by atoms with E-state index in [1.54, 1.807) is 30.3 Å². The van der Waals surface area contributed by atoms with Crippen molar-refractivity contribution >= 4 is 39.1 Å². The Labute approximate surface area is 123 Å². The lowest BCUT2D eigenvalue weighted by Crippen LogP contribution is -2.14. The summed E-state index contributed by atoms with van der Waals surface area (Å²) < 4.78 is 14.5. The summed E-state index contributed by atoms with van der Waals surface area (Å²) in [6, 6.07) is 8.91. The predicted molar refractivity (Wildman–Crippen MR) is 76.6 cm³/mol. The molecule has 0 radical (unpaired) electrons. The fourth-order valence-corrected chi connectivity index (χ4v) is 2.47. The topological polar surface area (TPSA) is 26.0 Å². The third-order valence-electron chi connectivity index (χ3n) is 2.59. The fraction of sp³-hybridized carbons (Fsp3) is 0.0769. The van der Waals surface area contributed by atoms with E-state index in [1.165, 1.54) is 6.07 Å². The Morgan fingerprint density at radius 2 is 1.78 bits per heavy atom. The van der Waals surface area contributed by atoms with E-state index in [0.29, 0.717) is 21.2 Å². The summed E-state index contributed by atoms with van der Waals surface area (Å²) in [6.45, 7) is 0. The van der Waals surface area contributed by atoms with E-state index in [-0.39, 0.29) is 5.82 Å². The maximum Gasteiger partial charge on any atom is 0.128 e. The van der Waals surface area contributed by atoms with Crippen molar-refractivity contribution in [3.05, 3.63) is 67.9 Å². The van der Waals surface area contributed by atoms with Gasteiger partial charge in [0, 0.05) is 20.1 Å².